The second kappa shape index (κ2) is 4.48. The summed E-state index contributed by atoms with van der Waals surface area (Å²) in [5, 5.41) is 3.76. The molecule has 1 heterocycles. The minimum absolute atomic E-state index is 0.0321. The van der Waals surface area contributed by atoms with Gasteiger partial charge in [-0.1, -0.05) is 30.2 Å². The average molecular weight is 252 g/mol. The van der Waals surface area contributed by atoms with Gasteiger partial charge >= 0.3 is 0 Å². The predicted octanol–water partition coefficient (Wildman–Crippen LogP) is 4.07. The van der Waals surface area contributed by atoms with E-state index < -0.39 is 0 Å². The smallest absolute Gasteiger partial charge is 0.0525 e. The highest BCUT2D eigenvalue weighted by Gasteiger charge is 2.23. The van der Waals surface area contributed by atoms with Crippen LogP contribution in [0.3, 0.4) is 0 Å². The number of rotatable bonds is 3. The molecule has 19 heavy (non-hydrogen) atoms. The van der Waals surface area contributed by atoms with Crippen LogP contribution in [0.25, 0.3) is 21.7 Å². The number of hydrogen-bond acceptors (Lipinski definition) is 1. The van der Waals surface area contributed by atoms with Crippen molar-refractivity contribution in [3.8, 4) is 11.3 Å². The van der Waals surface area contributed by atoms with Crippen LogP contribution in [-0.2, 0) is 13.0 Å². The lowest BCUT2D eigenvalue weighted by molar-refractivity contribution is 0.594. The number of aryl methyl sites for hydroxylation is 1. The van der Waals surface area contributed by atoms with Crippen molar-refractivity contribution in [1.29, 1.82) is 0 Å². The third kappa shape index (κ3) is 1.90. The van der Waals surface area contributed by atoms with E-state index in [2.05, 4.69) is 52.0 Å². The zero-order valence-corrected chi connectivity index (χ0v) is 11.2. The van der Waals surface area contributed by atoms with E-state index in [9.17, 15) is 0 Å². The first kappa shape index (κ1) is 11.9. The molecule has 0 fully saturated rings. The van der Waals surface area contributed by atoms with E-state index in [1.165, 1.54) is 27.9 Å². The van der Waals surface area contributed by atoms with Crippen molar-refractivity contribution in [3.05, 3.63) is 57.6 Å². The molecule has 0 aliphatic heterocycles. The van der Waals surface area contributed by atoms with Gasteiger partial charge in [0.15, 0.2) is 0 Å². The van der Waals surface area contributed by atoms with Crippen LogP contribution in [0.5, 0.6) is 0 Å². The standard InChI is InChI=1S/C15H16N4/c1-10-4-3-5-13-14(10)8-12-6-7-19(15(12)13)9-11(2)17-18-16/h3-7,11H,8-9H2,1-2H3. The Hall–Kier alpha value is -2.19. The van der Waals surface area contributed by atoms with E-state index in [1.54, 1.807) is 0 Å². The molecule has 3 rings (SSSR count). The summed E-state index contributed by atoms with van der Waals surface area (Å²) in [5.41, 5.74) is 15.3. The zero-order chi connectivity index (χ0) is 13.4. The zero-order valence-electron chi connectivity index (χ0n) is 11.2. The molecule has 1 aliphatic carbocycles. The van der Waals surface area contributed by atoms with Gasteiger partial charge in [0.05, 0.1) is 11.7 Å². The molecule has 0 spiro atoms. The number of nitrogens with zero attached hydrogens (tertiary/aromatic N) is 4. The van der Waals surface area contributed by atoms with Gasteiger partial charge in [0.2, 0.25) is 0 Å². The molecule has 4 heteroatoms. The van der Waals surface area contributed by atoms with Crippen LogP contribution in [0.1, 0.15) is 23.6 Å². The molecule has 0 saturated carbocycles. The van der Waals surface area contributed by atoms with E-state index in [0.29, 0.717) is 0 Å². The second-order valence-corrected chi connectivity index (χ2v) is 5.17. The lowest BCUT2D eigenvalue weighted by Gasteiger charge is -2.12. The highest BCUT2D eigenvalue weighted by atomic mass is 15.2. The maximum Gasteiger partial charge on any atom is 0.0525 e. The molecule has 1 aromatic heterocycles. The molecule has 4 nitrogen and oxygen atoms in total. The van der Waals surface area contributed by atoms with E-state index in [-0.39, 0.29) is 6.04 Å². The van der Waals surface area contributed by atoms with Crippen LogP contribution in [0.15, 0.2) is 35.6 Å². The highest BCUT2D eigenvalue weighted by Crippen LogP contribution is 2.38. The number of fused-ring (bicyclic) bond motifs is 3. The lowest BCUT2D eigenvalue weighted by atomic mass is 10.0. The van der Waals surface area contributed by atoms with Gasteiger partial charge in [-0.2, -0.15) is 0 Å². The van der Waals surface area contributed by atoms with E-state index in [0.717, 1.165) is 13.0 Å². The fourth-order valence-corrected chi connectivity index (χ4v) is 2.90. The Balaban J connectivity index is 2.03. The molecule has 1 atom stereocenters. The van der Waals surface area contributed by atoms with Crippen molar-refractivity contribution < 1.29 is 0 Å². The Morgan fingerprint density at radius 2 is 2.26 bits per heavy atom. The van der Waals surface area contributed by atoms with Gasteiger partial charge in [-0.25, -0.2) is 0 Å². The van der Waals surface area contributed by atoms with Crippen LogP contribution in [0.4, 0.5) is 0 Å². The van der Waals surface area contributed by atoms with Crippen LogP contribution in [0.2, 0.25) is 0 Å². The first-order chi connectivity index (χ1) is 9.20. The van der Waals surface area contributed by atoms with E-state index in [1.807, 2.05) is 6.92 Å². The first-order valence-electron chi connectivity index (χ1n) is 6.51. The monoisotopic (exact) mass is 252 g/mol. The van der Waals surface area contributed by atoms with Crippen molar-refractivity contribution >= 4 is 0 Å². The van der Waals surface area contributed by atoms with Crippen LogP contribution in [0, 0.1) is 6.92 Å². The molecule has 0 radical (unpaired) electrons. The first-order valence-corrected chi connectivity index (χ1v) is 6.51. The summed E-state index contributed by atoms with van der Waals surface area (Å²) in [6.45, 7) is 4.84. The van der Waals surface area contributed by atoms with Crippen molar-refractivity contribution in [3.63, 3.8) is 0 Å². The maximum absolute atomic E-state index is 8.50. The number of benzene rings is 1. The molecule has 0 saturated heterocycles. The van der Waals surface area contributed by atoms with Gasteiger partial charge < -0.3 is 4.57 Å². The topological polar surface area (TPSA) is 53.7 Å². The summed E-state index contributed by atoms with van der Waals surface area (Å²) in [4.78, 5) is 2.88. The maximum atomic E-state index is 8.50. The fraction of sp³-hybridized carbons (Fsp3) is 0.333. The Kier molecular flexibility index (Phi) is 2.80. The average Bonchev–Trinajstić information content (AvgIpc) is 2.91. The number of hydrogen-bond donors (Lipinski definition) is 0. The molecular formula is C15H16N4. The molecule has 0 N–H and O–H groups in total. The van der Waals surface area contributed by atoms with Gasteiger partial charge in [-0.05, 0) is 35.2 Å². The molecule has 0 amide bonds. The normalized spacial score (nSPS) is 13.6. The Bertz CT molecular complexity index is 677. The summed E-state index contributed by atoms with van der Waals surface area (Å²) in [6.07, 6.45) is 3.11. The van der Waals surface area contributed by atoms with Crippen molar-refractivity contribution in [2.24, 2.45) is 5.11 Å². The summed E-state index contributed by atoms with van der Waals surface area (Å²) >= 11 is 0. The molecule has 1 unspecified atom stereocenters. The predicted molar refractivity (Wildman–Crippen MR) is 76.0 cm³/mol. The molecule has 96 valence electrons. The Morgan fingerprint density at radius 1 is 1.42 bits per heavy atom. The van der Waals surface area contributed by atoms with E-state index in [4.69, 9.17) is 5.53 Å². The largest absolute Gasteiger partial charge is 0.347 e. The van der Waals surface area contributed by atoms with Gasteiger partial charge in [0, 0.05) is 29.6 Å². The van der Waals surface area contributed by atoms with Crippen molar-refractivity contribution in [1.82, 2.24) is 4.57 Å². The third-order valence-corrected chi connectivity index (χ3v) is 3.79. The van der Waals surface area contributed by atoms with E-state index >= 15 is 0 Å². The van der Waals surface area contributed by atoms with Gasteiger partial charge in [-0.3, -0.25) is 0 Å². The SMILES string of the molecule is Cc1cccc2c1Cc1ccn(CC(C)N=[N+]=[N-])c1-2. The molecular weight excluding hydrogens is 236 g/mol. The Morgan fingerprint density at radius 3 is 3.05 bits per heavy atom. The number of azide groups is 1. The molecule has 1 aromatic carbocycles. The quantitative estimate of drug-likeness (QED) is 0.383. The van der Waals surface area contributed by atoms with Crippen molar-refractivity contribution in [2.75, 3.05) is 0 Å². The van der Waals surface area contributed by atoms with Gasteiger partial charge in [-0.15, -0.1) is 0 Å². The van der Waals surface area contributed by atoms with Crippen molar-refractivity contribution in [2.45, 2.75) is 32.9 Å². The van der Waals surface area contributed by atoms with Gasteiger partial charge in [0.25, 0.3) is 0 Å². The minimum atomic E-state index is -0.0321. The molecule has 2 aromatic rings. The summed E-state index contributed by atoms with van der Waals surface area (Å²) in [7, 11) is 0. The summed E-state index contributed by atoms with van der Waals surface area (Å²) < 4.78 is 2.21. The van der Waals surface area contributed by atoms with Crippen LogP contribution in [-0.4, -0.2) is 10.6 Å². The molecule has 1 aliphatic rings. The lowest BCUT2D eigenvalue weighted by Crippen LogP contribution is -2.09. The third-order valence-electron chi connectivity index (χ3n) is 3.79. The Labute approximate surface area is 112 Å². The number of aromatic nitrogens is 1. The minimum Gasteiger partial charge on any atom is -0.347 e. The fourth-order valence-electron chi connectivity index (χ4n) is 2.90. The summed E-state index contributed by atoms with van der Waals surface area (Å²) in [5.74, 6) is 0. The summed E-state index contributed by atoms with van der Waals surface area (Å²) in [6, 6.07) is 8.60. The highest BCUT2D eigenvalue weighted by molar-refractivity contribution is 5.75. The van der Waals surface area contributed by atoms with Crippen LogP contribution >= 0.6 is 0 Å². The molecule has 0 bridgehead atoms. The second-order valence-electron chi connectivity index (χ2n) is 5.17. The van der Waals surface area contributed by atoms with Crippen LogP contribution < -0.4 is 0 Å². The van der Waals surface area contributed by atoms with Gasteiger partial charge in [0.1, 0.15) is 0 Å².